The molecule has 3 nitrogen and oxygen atoms in total. The molecule has 0 rings (SSSR count). The van der Waals surface area contributed by atoms with Gasteiger partial charge in [-0.15, -0.1) is 0 Å². The van der Waals surface area contributed by atoms with Crippen molar-refractivity contribution in [3.8, 4) is 0 Å². The first-order valence-electron chi connectivity index (χ1n) is 10.0. The minimum absolute atomic E-state index is 0.0396. The van der Waals surface area contributed by atoms with Crippen LogP contribution in [-0.2, 0) is 8.85 Å². The van der Waals surface area contributed by atoms with Gasteiger partial charge >= 0.3 is 0 Å². The smallest absolute Gasteiger partial charge is 0.192 e. The summed E-state index contributed by atoms with van der Waals surface area (Å²) in [7, 11) is -3.70. The van der Waals surface area contributed by atoms with E-state index in [-0.39, 0.29) is 23.9 Å². The molecule has 7 heteroatoms. The zero-order valence-corrected chi connectivity index (χ0v) is 23.6. The highest BCUT2D eigenvalue weighted by Gasteiger charge is 2.40. The van der Waals surface area contributed by atoms with Crippen molar-refractivity contribution < 1.29 is 14.0 Å². The molecule has 0 bridgehead atoms. The topological polar surface area (TPSA) is 38.7 Å². The Bertz CT molecular complexity index is 472. The van der Waals surface area contributed by atoms with Gasteiger partial charge in [0.2, 0.25) is 0 Å². The first-order chi connectivity index (χ1) is 12.4. The van der Waals surface area contributed by atoms with E-state index >= 15 is 0 Å². The van der Waals surface area contributed by atoms with Gasteiger partial charge in [0.25, 0.3) is 0 Å². The molecule has 0 aliphatic rings. The molecular formula is C20H40Br2O3Si2. The maximum absolute atomic E-state index is 10.00. The van der Waals surface area contributed by atoms with Gasteiger partial charge in [0.05, 0.1) is 22.2 Å². The molecule has 0 spiro atoms. The van der Waals surface area contributed by atoms with Crippen molar-refractivity contribution in [2.24, 2.45) is 0 Å². The highest BCUT2D eigenvalue weighted by Crippen LogP contribution is 2.38. The summed E-state index contributed by atoms with van der Waals surface area (Å²) in [6.07, 6.45) is 6.46. The lowest BCUT2D eigenvalue weighted by atomic mass is 10.1. The Kier molecular flexibility index (Phi) is 12.8. The summed E-state index contributed by atoms with van der Waals surface area (Å²) in [5.74, 6) is 0. The Labute approximate surface area is 186 Å². The molecular weight excluding hydrogens is 504 g/mol. The van der Waals surface area contributed by atoms with Crippen LogP contribution in [0.15, 0.2) is 21.6 Å². The van der Waals surface area contributed by atoms with Crippen LogP contribution in [0.1, 0.15) is 48.0 Å². The molecule has 0 fully saturated rings. The fourth-order valence-corrected chi connectivity index (χ4v) is 7.21. The number of rotatable bonds is 12. The normalized spacial score (nSPS) is 15.8. The van der Waals surface area contributed by atoms with Crippen molar-refractivity contribution in [1.82, 2.24) is 0 Å². The van der Waals surface area contributed by atoms with Crippen LogP contribution in [0, 0.1) is 0 Å². The van der Waals surface area contributed by atoms with Crippen LogP contribution in [0.25, 0.3) is 0 Å². The lowest BCUT2D eigenvalue weighted by Gasteiger charge is -2.40. The van der Waals surface area contributed by atoms with Crippen molar-refractivity contribution in [2.45, 2.75) is 96.4 Å². The summed E-state index contributed by atoms with van der Waals surface area (Å²) in [5, 5.41) is 10.1. The molecule has 1 N–H and O–H groups in total. The average molecular weight is 545 g/mol. The van der Waals surface area contributed by atoms with Crippen molar-refractivity contribution in [3.63, 3.8) is 0 Å². The molecule has 0 amide bonds. The number of aliphatic hydroxyl groups excluding tert-OH is 1. The lowest BCUT2D eigenvalue weighted by molar-refractivity contribution is 0.0676. The Balaban J connectivity index is 5.47. The van der Waals surface area contributed by atoms with E-state index in [0.717, 1.165) is 21.5 Å². The second-order valence-corrected chi connectivity index (χ2v) is 20.9. The molecule has 2 atom stereocenters. The molecule has 0 saturated heterocycles. The van der Waals surface area contributed by atoms with Crippen LogP contribution in [-0.4, -0.2) is 40.6 Å². The van der Waals surface area contributed by atoms with Crippen molar-refractivity contribution in [3.05, 3.63) is 21.6 Å². The van der Waals surface area contributed by atoms with E-state index < -0.39 is 16.6 Å². The molecule has 0 aromatic carbocycles. The standard InChI is InChI=1S/C20H40Br2O3Si2/c1-9-27(10-2,11-3)25-18(16-23)15-17(13-12-14-19(21)22)24-26(7,8)20(4,5)6/h12-14,17-18,23H,9-11,15-16H2,1-8H3/b13-12-/t17-,18+/m0/s1. The first-order valence-corrected chi connectivity index (χ1v) is 17.0. The van der Waals surface area contributed by atoms with E-state index in [9.17, 15) is 5.11 Å². The number of halogens is 2. The molecule has 0 aromatic heterocycles. The lowest BCUT2D eigenvalue weighted by Crippen LogP contribution is -2.46. The third-order valence-corrected chi connectivity index (χ3v) is 15.6. The largest absolute Gasteiger partial charge is 0.411 e. The second-order valence-electron chi connectivity index (χ2n) is 8.66. The summed E-state index contributed by atoms with van der Waals surface area (Å²) < 4.78 is 14.1. The van der Waals surface area contributed by atoms with E-state index in [0.29, 0.717) is 6.42 Å². The predicted molar refractivity (Wildman–Crippen MR) is 131 cm³/mol. The fraction of sp³-hybridized carbons (Fsp3) is 0.800. The van der Waals surface area contributed by atoms with Gasteiger partial charge in [-0.3, -0.25) is 0 Å². The number of allylic oxidation sites excluding steroid dienone is 2. The summed E-state index contributed by atoms with van der Waals surface area (Å²) >= 11 is 6.77. The molecule has 0 aliphatic carbocycles. The Morgan fingerprint density at radius 3 is 1.93 bits per heavy atom. The van der Waals surface area contributed by atoms with E-state index in [2.05, 4.69) is 92.6 Å². The molecule has 0 aromatic rings. The zero-order valence-electron chi connectivity index (χ0n) is 18.4. The van der Waals surface area contributed by atoms with Gasteiger partial charge in [-0.25, -0.2) is 0 Å². The summed E-state index contributed by atoms with van der Waals surface area (Å²) in [5.41, 5.74) is 0. The number of aliphatic hydroxyl groups is 1. The molecule has 0 radical (unpaired) electrons. The summed E-state index contributed by atoms with van der Waals surface area (Å²) in [6.45, 7) is 18.0. The van der Waals surface area contributed by atoms with E-state index in [1.165, 1.54) is 0 Å². The van der Waals surface area contributed by atoms with Crippen LogP contribution in [0.3, 0.4) is 0 Å². The quantitative estimate of drug-likeness (QED) is 0.207. The summed E-state index contributed by atoms with van der Waals surface area (Å²) in [4.78, 5) is 0. The highest BCUT2D eigenvalue weighted by atomic mass is 79.9. The van der Waals surface area contributed by atoms with Gasteiger partial charge in [-0.05, 0) is 74.2 Å². The van der Waals surface area contributed by atoms with Crippen LogP contribution < -0.4 is 0 Å². The SMILES string of the molecule is CC[Si](CC)(CC)O[C@@H](CO)C[C@H](/C=C\C=C(Br)Br)O[Si](C)(C)C(C)(C)C. The van der Waals surface area contributed by atoms with Gasteiger partial charge in [0.15, 0.2) is 16.6 Å². The molecule has 0 heterocycles. The monoisotopic (exact) mass is 542 g/mol. The fourth-order valence-electron chi connectivity index (χ4n) is 2.75. The van der Waals surface area contributed by atoms with Gasteiger partial charge in [-0.2, -0.15) is 0 Å². The van der Waals surface area contributed by atoms with E-state index in [4.69, 9.17) is 8.85 Å². The third kappa shape index (κ3) is 9.87. The van der Waals surface area contributed by atoms with E-state index in [1.54, 1.807) is 0 Å². The first kappa shape index (κ1) is 27.8. The third-order valence-electron chi connectivity index (χ3n) is 5.85. The van der Waals surface area contributed by atoms with Gasteiger partial charge in [0, 0.05) is 6.42 Å². The van der Waals surface area contributed by atoms with Crippen LogP contribution in [0.4, 0.5) is 0 Å². The Morgan fingerprint density at radius 2 is 1.56 bits per heavy atom. The van der Waals surface area contributed by atoms with Gasteiger partial charge < -0.3 is 14.0 Å². The highest BCUT2D eigenvalue weighted by molar-refractivity contribution is 9.28. The molecule has 160 valence electrons. The minimum Gasteiger partial charge on any atom is -0.411 e. The number of hydrogen-bond donors (Lipinski definition) is 1. The second kappa shape index (κ2) is 12.4. The van der Waals surface area contributed by atoms with Crippen LogP contribution in [0.2, 0.25) is 36.3 Å². The number of hydrogen-bond acceptors (Lipinski definition) is 3. The zero-order chi connectivity index (χ0) is 21.3. The van der Waals surface area contributed by atoms with Gasteiger partial charge in [0.1, 0.15) is 0 Å². The summed E-state index contributed by atoms with van der Waals surface area (Å²) in [6, 6.07) is 3.25. The van der Waals surface area contributed by atoms with E-state index in [1.807, 2.05) is 12.2 Å². The van der Waals surface area contributed by atoms with Crippen LogP contribution >= 0.6 is 31.9 Å². The van der Waals surface area contributed by atoms with Gasteiger partial charge in [-0.1, -0.05) is 53.7 Å². The molecule has 0 unspecified atom stereocenters. The maximum atomic E-state index is 10.00. The molecule has 27 heavy (non-hydrogen) atoms. The molecule has 0 saturated carbocycles. The van der Waals surface area contributed by atoms with Crippen LogP contribution in [0.5, 0.6) is 0 Å². The minimum atomic E-state index is -1.93. The van der Waals surface area contributed by atoms with Crippen molar-refractivity contribution in [2.75, 3.05) is 6.61 Å². The van der Waals surface area contributed by atoms with Crippen molar-refractivity contribution in [1.29, 1.82) is 0 Å². The molecule has 0 aliphatic heterocycles. The Morgan fingerprint density at radius 1 is 1.04 bits per heavy atom. The van der Waals surface area contributed by atoms with Crippen molar-refractivity contribution >= 4 is 48.5 Å². The average Bonchev–Trinajstić information content (AvgIpc) is 2.57. The Hall–Kier alpha value is 0.754. The predicted octanol–water partition coefficient (Wildman–Crippen LogP) is 7.34. The maximum Gasteiger partial charge on any atom is 0.192 e.